The summed E-state index contributed by atoms with van der Waals surface area (Å²) in [5, 5.41) is 2.63. The number of rotatable bonds is 7. The Balaban J connectivity index is 1.84. The Morgan fingerprint density at radius 2 is 1.71 bits per heavy atom. The van der Waals surface area contributed by atoms with Crippen molar-refractivity contribution in [1.82, 2.24) is 0 Å². The number of para-hydroxylation sites is 3. The van der Waals surface area contributed by atoms with Crippen molar-refractivity contribution in [2.24, 2.45) is 0 Å². The van der Waals surface area contributed by atoms with Crippen LogP contribution in [0.15, 0.2) is 77.7 Å². The maximum Gasteiger partial charge on any atom is 0.245 e. The SMILES string of the molecule is COc1ccccc1N(CC(=O)Nc1ccccc1F)Sc1ccc(C)cc1. The first-order chi connectivity index (χ1) is 13.6. The molecule has 0 aliphatic carbocycles. The van der Waals surface area contributed by atoms with Crippen LogP contribution in [0.4, 0.5) is 15.8 Å². The summed E-state index contributed by atoms with van der Waals surface area (Å²) in [5.41, 5.74) is 2.08. The van der Waals surface area contributed by atoms with E-state index in [2.05, 4.69) is 5.32 Å². The van der Waals surface area contributed by atoms with Crippen LogP contribution in [0.3, 0.4) is 0 Å². The highest BCUT2D eigenvalue weighted by molar-refractivity contribution is 8.00. The molecular formula is C22H21FN2O2S. The highest BCUT2D eigenvalue weighted by Gasteiger charge is 2.18. The summed E-state index contributed by atoms with van der Waals surface area (Å²) < 4.78 is 21.1. The first kappa shape index (κ1) is 19.8. The predicted molar refractivity (Wildman–Crippen MR) is 112 cm³/mol. The van der Waals surface area contributed by atoms with Gasteiger partial charge in [-0.2, -0.15) is 0 Å². The number of methoxy groups -OCH3 is 1. The number of hydrogen-bond acceptors (Lipinski definition) is 4. The Bertz CT molecular complexity index is 947. The summed E-state index contributed by atoms with van der Waals surface area (Å²) in [7, 11) is 1.59. The largest absolute Gasteiger partial charge is 0.495 e. The third-order valence-corrected chi connectivity index (χ3v) is 5.05. The second kappa shape index (κ2) is 9.28. The molecule has 3 aromatic carbocycles. The Labute approximate surface area is 168 Å². The van der Waals surface area contributed by atoms with E-state index in [0.717, 1.165) is 16.1 Å². The minimum absolute atomic E-state index is 0.0211. The highest BCUT2D eigenvalue weighted by Crippen LogP contribution is 2.35. The van der Waals surface area contributed by atoms with E-state index in [1.54, 1.807) is 19.2 Å². The van der Waals surface area contributed by atoms with Crippen LogP contribution in [-0.4, -0.2) is 19.6 Å². The first-order valence-electron chi connectivity index (χ1n) is 8.76. The highest BCUT2D eigenvalue weighted by atomic mass is 32.2. The zero-order chi connectivity index (χ0) is 19.9. The topological polar surface area (TPSA) is 41.6 Å². The monoisotopic (exact) mass is 396 g/mol. The molecule has 3 aromatic rings. The van der Waals surface area contributed by atoms with Gasteiger partial charge in [0, 0.05) is 4.90 Å². The van der Waals surface area contributed by atoms with Crippen LogP contribution < -0.4 is 14.4 Å². The molecule has 3 rings (SSSR count). The van der Waals surface area contributed by atoms with Crippen molar-refractivity contribution < 1.29 is 13.9 Å². The normalized spacial score (nSPS) is 10.4. The predicted octanol–water partition coefficient (Wildman–Crippen LogP) is 5.30. The van der Waals surface area contributed by atoms with Crippen LogP contribution in [0.25, 0.3) is 0 Å². The Morgan fingerprint density at radius 1 is 1.04 bits per heavy atom. The number of carbonyl (C=O) groups is 1. The van der Waals surface area contributed by atoms with Crippen LogP contribution in [0.2, 0.25) is 0 Å². The summed E-state index contributed by atoms with van der Waals surface area (Å²) in [4.78, 5) is 13.6. The molecule has 1 amide bonds. The van der Waals surface area contributed by atoms with Crippen molar-refractivity contribution in [3.05, 3.63) is 84.2 Å². The Hall–Kier alpha value is -2.99. The molecule has 4 nitrogen and oxygen atoms in total. The van der Waals surface area contributed by atoms with E-state index in [1.165, 1.54) is 24.1 Å². The van der Waals surface area contributed by atoms with Gasteiger partial charge in [0.2, 0.25) is 5.91 Å². The van der Waals surface area contributed by atoms with Crippen molar-refractivity contribution >= 4 is 29.2 Å². The van der Waals surface area contributed by atoms with E-state index in [9.17, 15) is 9.18 Å². The molecule has 144 valence electrons. The molecule has 0 saturated carbocycles. The van der Waals surface area contributed by atoms with Crippen LogP contribution >= 0.6 is 11.9 Å². The van der Waals surface area contributed by atoms with Gasteiger partial charge in [-0.15, -0.1) is 0 Å². The molecule has 0 aromatic heterocycles. The Morgan fingerprint density at radius 3 is 2.43 bits per heavy atom. The van der Waals surface area contributed by atoms with Gasteiger partial charge in [0.25, 0.3) is 0 Å². The number of nitrogens with zero attached hydrogens (tertiary/aromatic N) is 1. The zero-order valence-corrected chi connectivity index (χ0v) is 16.5. The fourth-order valence-electron chi connectivity index (χ4n) is 2.61. The van der Waals surface area contributed by atoms with Gasteiger partial charge < -0.3 is 10.1 Å². The van der Waals surface area contributed by atoms with Gasteiger partial charge in [-0.05, 0) is 55.3 Å². The second-order valence-corrected chi connectivity index (χ2v) is 7.24. The average Bonchev–Trinajstić information content (AvgIpc) is 2.71. The lowest BCUT2D eigenvalue weighted by Crippen LogP contribution is -2.29. The van der Waals surface area contributed by atoms with Crippen molar-refractivity contribution in [2.75, 3.05) is 23.3 Å². The van der Waals surface area contributed by atoms with Crippen molar-refractivity contribution in [2.45, 2.75) is 11.8 Å². The third-order valence-electron chi connectivity index (χ3n) is 4.03. The van der Waals surface area contributed by atoms with Gasteiger partial charge in [-0.25, -0.2) is 4.39 Å². The summed E-state index contributed by atoms with van der Waals surface area (Å²) in [6.07, 6.45) is 0. The standard InChI is InChI=1S/C22H21FN2O2S/c1-16-11-13-17(14-12-16)28-25(20-9-5-6-10-21(20)27-2)15-22(26)24-19-8-4-3-7-18(19)23/h3-14H,15H2,1-2H3,(H,24,26). The lowest BCUT2D eigenvalue weighted by atomic mass is 10.2. The number of amides is 1. The van der Waals surface area contributed by atoms with Crippen LogP contribution in [0.1, 0.15) is 5.56 Å². The average molecular weight is 396 g/mol. The molecule has 0 bridgehead atoms. The van der Waals surface area contributed by atoms with Gasteiger partial charge in [0.15, 0.2) is 0 Å². The molecule has 0 atom stereocenters. The van der Waals surface area contributed by atoms with Gasteiger partial charge in [0.1, 0.15) is 18.1 Å². The molecule has 0 radical (unpaired) electrons. The molecule has 6 heteroatoms. The van der Waals surface area contributed by atoms with Gasteiger partial charge >= 0.3 is 0 Å². The van der Waals surface area contributed by atoms with Crippen LogP contribution in [0.5, 0.6) is 5.75 Å². The van der Waals surface area contributed by atoms with Gasteiger partial charge in [-0.1, -0.05) is 42.0 Å². The van der Waals surface area contributed by atoms with Crippen molar-refractivity contribution in [1.29, 1.82) is 0 Å². The molecule has 0 aliphatic rings. The molecule has 1 N–H and O–H groups in total. The molecule has 0 saturated heterocycles. The number of nitrogens with one attached hydrogen (secondary N) is 1. The van der Waals surface area contributed by atoms with E-state index >= 15 is 0 Å². The maximum absolute atomic E-state index is 13.9. The quantitative estimate of drug-likeness (QED) is 0.551. The fraction of sp³-hybridized carbons (Fsp3) is 0.136. The number of aryl methyl sites for hydroxylation is 1. The minimum Gasteiger partial charge on any atom is -0.495 e. The molecule has 28 heavy (non-hydrogen) atoms. The molecule has 0 aliphatic heterocycles. The minimum atomic E-state index is -0.467. The van der Waals surface area contributed by atoms with Crippen LogP contribution in [0, 0.1) is 12.7 Å². The number of benzene rings is 3. The molecular weight excluding hydrogens is 375 g/mol. The molecule has 0 spiro atoms. The lowest BCUT2D eigenvalue weighted by Gasteiger charge is -2.24. The van der Waals surface area contributed by atoms with Crippen molar-refractivity contribution in [3.63, 3.8) is 0 Å². The van der Waals surface area contributed by atoms with Gasteiger partial charge in [0.05, 0.1) is 18.5 Å². The molecule has 0 fully saturated rings. The summed E-state index contributed by atoms with van der Waals surface area (Å²) in [5.74, 6) is -0.137. The van der Waals surface area contributed by atoms with E-state index in [-0.39, 0.29) is 18.1 Å². The lowest BCUT2D eigenvalue weighted by molar-refractivity contribution is -0.114. The summed E-state index contributed by atoms with van der Waals surface area (Å²) in [6, 6.07) is 21.6. The van der Waals surface area contributed by atoms with E-state index < -0.39 is 5.82 Å². The summed E-state index contributed by atoms with van der Waals surface area (Å²) >= 11 is 1.42. The fourth-order valence-corrected chi connectivity index (χ4v) is 3.55. The number of ether oxygens (including phenoxy) is 1. The summed E-state index contributed by atoms with van der Waals surface area (Å²) in [6.45, 7) is 2.04. The smallest absolute Gasteiger partial charge is 0.245 e. The number of anilines is 2. The molecule has 0 heterocycles. The molecule has 0 unspecified atom stereocenters. The van der Waals surface area contributed by atoms with Gasteiger partial charge in [-0.3, -0.25) is 9.10 Å². The van der Waals surface area contributed by atoms with E-state index in [0.29, 0.717) is 5.75 Å². The maximum atomic E-state index is 13.9. The first-order valence-corrected chi connectivity index (χ1v) is 9.54. The number of halogens is 1. The van der Waals surface area contributed by atoms with Crippen LogP contribution in [-0.2, 0) is 4.79 Å². The van der Waals surface area contributed by atoms with E-state index in [4.69, 9.17) is 4.74 Å². The van der Waals surface area contributed by atoms with E-state index in [1.807, 2.05) is 59.8 Å². The Kier molecular flexibility index (Phi) is 6.55. The number of carbonyl (C=O) groups excluding carboxylic acids is 1. The second-order valence-electron chi connectivity index (χ2n) is 6.14. The van der Waals surface area contributed by atoms with Crippen molar-refractivity contribution in [3.8, 4) is 5.75 Å². The zero-order valence-electron chi connectivity index (χ0n) is 15.7. The third kappa shape index (κ3) is 5.04. The number of hydrogen-bond donors (Lipinski definition) is 1.